The molecule has 0 radical (unpaired) electrons. The SMILES string of the molecule is C=CC(=O)N1C[C@H](C)n2nc(-c3nc(-c4ccc5c(c4)CN(C)[C@H](C(=O)N(C)C)C5)c4scc(F)c4c3-c3c(F)cc(F)cc3OC[C@@H](C)O)cc2[C@H]1C. The lowest BCUT2D eigenvalue weighted by Gasteiger charge is -2.36. The van der Waals surface area contributed by atoms with Crippen molar-refractivity contribution in [2.45, 2.75) is 58.0 Å². The Bertz CT molecular complexity index is 2320. The second-order valence-electron chi connectivity index (χ2n) is 14.4. The third kappa shape index (κ3) is 6.45. The number of fused-ring (bicyclic) bond motifs is 3. The Balaban J connectivity index is 1.48. The first kappa shape index (κ1) is 37.3. The minimum atomic E-state index is -1.01. The molecule has 2 aliphatic rings. The second kappa shape index (κ2) is 14.3. The lowest BCUT2D eigenvalue weighted by atomic mass is 9.90. The van der Waals surface area contributed by atoms with Crippen LogP contribution >= 0.6 is 11.3 Å². The summed E-state index contributed by atoms with van der Waals surface area (Å²) in [5, 5.41) is 16.3. The summed E-state index contributed by atoms with van der Waals surface area (Å²) in [5.74, 6) is -3.02. The molecule has 7 rings (SSSR count). The Labute approximate surface area is 315 Å². The van der Waals surface area contributed by atoms with E-state index in [0.29, 0.717) is 47.2 Å². The molecule has 1 N–H and O–H groups in total. The van der Waals surface area contributed by atoms with E-state index in [4.69, 9.17) is 14.8 Å². The van der Waals surface area contributed by atoms with E-state index in [-0.39, 0.29) is 64.2 Å². The van der Waals surface area contributed by atoms with Crippen LogP contribution in [0.25, 0.3) is 43.9 Å². The van der Waals surface area contributed by atoms with Gasteiger partial charge in [-0.3, -0.25) is 19.2 Å². The lowest BCUT2D eigenvalue weighted by Crippen LogP contribution is -2.48. The van der Waals surface area contributed by atoms with Crippen molar-refractivity contribution in [1.82, 2.24) is 29.5 Å². The number of thiophene rings is 1. The predicted molar refractivity (Wildman–Crippen MR) is 201 cm³/mol. The summed E-state index contributed by atoms with van der Waals surface area (Å²) in [4.78, 5) is 36.2. The van der Waals surface area contributed by atoms with Crippen molar-refractivity contribution < 1.29 is 32.6 Å². The Morgan fingerprint density at radius 1 is 1.09 bits per heavy atom. The Kier molecular flexibility index (Phi) is 9.88. The van der Waals surface area contributed by atoms with Crippen LogP contribution in [0.5, 0.6) is 5.75 Å². The smallest absolute Gasteiger partial charge is 0.246 e. The maximum Gasteiger partial charge on any atom is 0.246 e. The highest BCUT2D eigenvalue weighted by atomic mass is 32.1. The van der Waals surface area contributed by atoms with Gasteiger partial charge in [0.1, 0.15) is 41.2 Å². The molecule has 0 fully saturated rings. The topological polar surface area (TPSA) is 104 Å². The van der Waals surface area contributed by atoms with E-state index in [0.717, 1.165) is 28.5 Å². The van der Waals surface area contributed by atoms with E-state index in [1.54, 1.807) is 34.6 Å². The number of pyridine rings is 1. The number of amides is 2. The van der Waals surface area contributed by atoms with E-state index < -0.39 is 29.6 Å². The van der Waals surface area contributed by atoms with E-state index in [1.165, 1.54) is 18.4 Å². The first-order chi connectivity index (χ1) is 25.7. The quantitative estimate of drug-likeness (QED) is 0.175. The van der Waals surface area contributed by atoms with Crippen molar-refractivity contribution in [3.63, 3.8) is 0 Å². The monoisotopic (exact) mass is 758 g/mol. The summed E-state index contributed by atoms with van der Waals surface area (Å²) < 4.78 is 55.4. The average molecular weight is 759 g/mol. The van der Waals surface area contributed by atoms with E-state index in [2.05, 4.69) is 6.58 Å². The van der Waals surface area contributed by atoms with E-state index >= 15 is 8.78 Å². The number of hydrogen-bond donors (Lipinski definition) is 1. The molecule has 10 nitrogen and oxygen atoms in total. The van der Waals surface area contributed by atoms with Crippen LogP contribution in [0.15, 0.2) is 54.4 Å². The van der Waals surface area contributed by atoms with Crippen LogP contribution in [0.2, 0.25) is 0 Å². The van der Waals surface area contributed by atoms with Crippen LogP contribution in [0.4, 0.5) is 13.2 Å². The van der Waals surface area contributed by atoms with Gasteiger partial charge in [-0.25, -0.2) is 18.2 Å². The minimum absolute atomic E-state index is 0.0121. The van der Waals surface area contributed by atoms with Gasteiger partial charge in [-0.1, -0.05) is 18.7 Å². The first-order valence-corrected chi connectivity index (χ1v) is 18.5. The molecule has 0 saturated carbocycles. The molecule has 14 heteroatoms. The molecule has 54 heavy (non-hydrogen) atoms. The number of carbonyl (C=O) groups excluding carboxylic acids is 2. The second-order valence-corrected chi connectivity index (χ2v) is 15.2. The summed E-state index contributed by atoms with van der Waals surface area (Å²) in [6.07, 6.45) is 0.813. The molecular formula is C40H41F3N6O4S. The molecule has 5 heterocycles. The number of benzene rings is 2. The maximum atomic E-state index is 16.4. The van der Waals surface area contributed by atoms with Gasteiger partial charge in [0, 0.05) is 61.2 Å². The lowest BCUT2D eigenvalue weighted by molar-refractivity contribution is -0.134. The predicted octanol–water partition coefficient (Wildman–Crippen LogP) is 6.77. The van der Waals surface area contributed by atoms with Gasteiger partial charge in [0.15, 0.2) is 0 Å². The van der Waals surface area contributed by atoms with Crippen LogP contribution in [-0.2, 0) is 22.6 Å². The van der Waals surface area contributed by atoms with E-state index in [9.17, 15) is 19.1 Å². The number of ether oxygens (including phenoxy) is 1. The fourth-order valence-electron chi connectivity index (χ4n) is 7.53. The number of halogens is 3. The Morgan fingerprint density at radius 3 is 2.56 bits per heavy atom. The number of aliphatic hydroxyl groups is 1. The zero-order valence-electron chi connectivity index (χ0n) is 30.9. The average Bonchev–Trinajstić information content (AvgIpc) is 3.75. The zero-order chi connectivity index (χ0) is 38.7. The number of aliphatic hydroxyl groups excluding tert-OH is 1. The van der Waals surface area contributed by atoms with Crippen molar-refractivity contribution in [3.8, 4) is 39.5 Å². The minimum Gasteiger partial charge on any atom is -0.490 e. The molecular weight excluding hydrogens is 718 g/mol. The van der Waals surface area contributed by atoms with Crippen molar-refractivity contribution >= 4 is 33.2 Å². The Hall–Kier alpha value is -5.05. The van der Waals surface area contributed by atoms with Gasteiger partial charge >= 0.3 is 0 Å². The number of aromatic nitrogens is 3. The van der Waals surface area contributed by atoms with Crippen molar-refractivity contribution in [3.05, 3.63) is 88.7 Å². The summed E-state index contributed by atoms with van der Waals surface area (Å²) in [5.41, 5.74) is 3.99. The summed E-state index contributed by atoms with van der Waals surface area (Å²) in [7, 11) is 5.38. The molecule has 2 amide bonds. The first-order valence-electron chi connectivity index (χ1n) is 17.7. The van der Waals surface area contributed by atoms with Gasteiger partial charge in [-0.05, 0) is 63.6 Å². The molecule has 2 aromatic carbocycles. The van der Waals surface area contributed by atoms with Crippen LogP contribution < -0.4 is 4.74 Å². The number of nitrogens with zero attached hydrogens (tertiary/aromatic N) is 6. The third-order valence-corrected chi connectivity index (χ3v) is 11.2. The van der Waals surface area contributed by atoms with Gasteiger partial charge < -0.3 is 19.6 Å². The van der Waals surface area contributed by atoms with Crippen LogP contribution in [-0.4, -0.2) is 92.8 Å². The summed E-state index contributed by atoms with van der Waals surface area (Å²) >= 11 is 1.11. The standard InChI is InChI=1S/C40H41F3N6O4S/c1-8-33(51)48-16-20(2)49-30(22(48)4)15-29(45-49)38-36(34-27(42)13-26(41)14-32(34)53-18-21(3)50)35-28(43)19-54-39(35)37(44-38)24-10-9-23-12-31(40(52)46(5)6)47(7)17-25(23)11-24/h8-11,13-15,19-22,31,50H,1,12,16-18H2,2-7H3/t20-,21+,22+,31-/m0/s1. The van der Waals surface area contributed by atoms with Gasteiger partial charge in [0.05, 0.1) is 45.9 Å². The fraction of sp³-hybridized carbons (Fsp3) is 0.350. The van der Waals surface area contributed by atoms with Gasteiger partial charge in [-0.15, -0.1) is 11.3 Å². The maximum absolute atomic E-state index is 16.4. The molecule has 0 unspecified atom stereocenters. The van der Waals surface area contributed by atoms with Crippen LogP contribution in [0.3, 0.4) is 0 Å². The normalized spacial score (nSPS) is 19.0. The van der Waals surface area contributed by atoms with Crippen LogP contribution in [0, 0.1) is 17.5 Å². The van der Waals surface area contributed by atoms with Crippen molar-refractivity contribution in [2.24, 2.45) is 0 Å². The molecule has 0 spiro atoms. The number of carbonyl (C=O) groups is 2. The summed E-state index contributed by atoms with van der Waals surface area (Å²) in [6, 6.07) is 8.32. The van der Waals surface area contributed by atoms with E-state index in [1.807, 2.05) is 44.0 Å². The molecule has 3 aromatic heterocycles. The number of likely N-dealkylation sites (N-methyl/N-ethyl adjacent to an activating group) is 2. The highest BCUT2D eigenvalue weighted by Gasteiger charge is 2.35. The molecule has 0 aliphatic carbocycles. The third-order valence-electron chi connectivity index (χ3n) is 10.2. The van der Waals surface area contributed by atoms with Gasteiger partial charge in [0.2, 0.25) is 11.8 Å². The van der Waals surface area contributed by atoms with Crippen LogP contribution in [0.1, 0.15) is 49.7 Å². The van der Waals surface area contributed by atoms with Gasteiger partial charge in [0.25, 0.3) is 0 Å². The molecule has 0 bridgehead atoms. The number of rotatable bonds is 8. The largest absolute Gasteiger partial charge is 0.490 e. The highest BCUT2D eigenvalue weighted by Crippen LogP contribution is 2.48. The van der Waals surface area contributed by atoms with Crippen molar-refractivity contribution in [1.29, 1.82) is 0 Å². The highest BCUT2D eigenvalue weighted by molar-refractivity contribution is 7.17. The molecule has 0 saturated heterocycles. The zero-order valence-corrected chi connectivity index (χ0v) is 31.7. The molecule has 282 valence electrons. The fourth-order valence-corrected chi connectivity index (χ4v) is 8.46. The number of hydrogen-bond acceptors (Lipinski definition) is 8. The Morgan fingerprint density at radius 2 is 1.85 bits per heavy atom. The van der Waals surface area contributed by atoms with Crippen molar-refractivity contribution in [2.75, 3.05) is 34.3 Å². The van der Waals surface area contributed by atoms with Gasteiger partial charge in [-0.2, -0.15) is 5.10 Å². The molecule has 2 aliphatic heterocycles. The molecule has 4 atom stereocenters. The molecule has 5 aromatic rings. The summed E-state index contributed by atoms with van der Waals surface area (Å²) in [6.45, 7) is 9.48.